The lowest BCUT2D eigenvalue weighted by molar-refractivity contribution is 0.0957. The number of pyridine rings is 2. The first-order valence-corrected chi connectivity index (χ1v) is 10.7. The summed E-state index contributed by atoms with van der Waals surface area (Å²) in [7, 11) is 1.56. The largest absolute Gasteiger partial charge is 0.354 e. The zero-order valence-electron chi connectivity index (χ0n) is 19.3. The van der Waals surface area contributed by atoms with Crippen molar-refractivity contribution in [3.63, 3.8) is 0 Å². The second-order valence-electron chi connectivity index (χ2n) is 7.82. The van der Waals surface area contributed by atoms with Crippen LogP contribution in [0, 0.1) is 25.2 Å². The Balaban J connectivity index is 1.68. The normalized spacial score (nSPS) is 10.3. The maximum atomic E-state index is 12.6. The van der Waals surface area contributed by atoms with E-state index in [2.05, 4.69) is 30.8 Å². The van der Waals surface area contributed by atoms with Crippen LogP contribution in [0.2, 0.25) is 0 Å². The molecule has 35 heavy (non-hydrogen) atoms. The second-order valence-corrected chi connectivity index (χ2v) is 7.82. The molecule has 4 rings (SSSR count). The van der Waals surface area contributed by atoms with Gasteiger partial charge in [0, 0.05) is 30.2 Å². The van der Waals surface area contributed by atoms with Crippen LogP contribution in [-0.4, -0.2) is 39.0 Å². The van der Waals surface area contributed by atoms with Crippen LogP contribution in [0.5, 0.6) is 0 Å². The van der Waals surface area contributed by atoms with Crippen molar-refractivity contribution in [2.24, 2.45) is 0 Å². The molecular formula is C26H21N7O2. The van der Waals surface area contributed by atoms with Crippen molar-refractivity contribution in [2.45, 2.75) is 13.8 Å². The van der Waals surface area contributed by atoms with E-state index in [0.29, 0.717) is 17.1 Å². The van der Waals surface area contributed by atoms with Crippen molar-refractivity contribution in [1.82, 2.24) is 25.5 Å². The van der Waals surface area contributed by atoms with Crippen LogP contribution in [0.1, 0.15) is 37.8 Å². The van der Waals surface area contributed by atoms with Crippen molar-refractivity contribution in [3.8, 4) is 28.5 Å². The predicted octanol–water partition coefficient (Wildman–Crippen LogP) is 3.70. The van der Waals surface area contributed by atoms with Gasteiger partial charge in [0.1, 0.15) is 11.8 Å². The molecule has 9 nitrogen and oxygen atoms in total. The van der Waals surface area contributed by atoms with Crippen molar-refractivity contribution >= 4 is 17.5 Å². The number of nitriles is 1. The average molecular weight is 464 g/mol. The van der Waals surface area contributed by atoms with Crippen LogP contribution in [0.25, 0.3) is 22.4 Å². The minimum atomic E-state index is -0.463. The van der Waals surface area contributed by atoms with E-state index in [-0.39, 0.29) is 17.2 Å². The summed E-state index contributed by atoms with van der Waals surface area (Å²) in [6, 6.07) is 16.3. The Labute approximate surface area is 201 Å². The zero-order chi connectivity index (χ0) is 24.9. The summed E-state index contributed by atoms with van der Waals surface area (Å²) in [6.45, 7) is 3.88. The molecule has 0 unspecified atom stereocenters. The lowest BCUT2D eigenvalue weighted by Crippen LogP contribution is -2.19. The molecule has 172 valence electrons. The van der Waals surface area contributed by atoms with E-state index in [9.17, 15) is 9.59 Å². The molecule has 0 aliphatic heterocycles. The molecule has 4 aromatic rings. The van der Waals surface area contributed by atoms with Gasteiger partial charge in [-0.05, 0) is 73.0 Å². The summed E-state index contributed by atoms with van der Waals surface area (Å²) in [4.78, 5) is 33.4. The van der Waals surface area contributed by atoms with Gasteiger partial charge in [0.05, 0.1) is 17.5 Å². The molecular weight excluding hydrogens is 442 g/mol. The lowest BCUT2D eigenvalue weighted by Gasteiger charge is -2.13. The number of hydrogen-bond donors (Lipinski definition) is 2. The maximum absolute atomic E-state index is 12.6. The molecule has 0 atom stereocenters. The van der Waals surface area contributed by atoms with E-state index in [1.54, 1.807) is 31.4 Å². The van der Waals surface area contributed by atoms with Crippen molar-refractivity contribution < 1.29 is 9.59 Å². The van der Waals surface area contributed by atoms with Crippen LogP contribution in [0.3, 0.4) is 0 Å². The summed E-state index contributed by atoms with van der Waals surface area (Å²) in [6.07, 6.45) is 2.87. The molecule has 0 spiro atoms. The standard InChI is InChI=1S/C26H21N7O2/c1-15-4-5-20(32-26(35)24-9-17(13-27)14-30-33-24)12-21(15)19-8-16(2)31-22(11-19)18-6-7-29-23(10-18)25(34)28-3/h4-12,14H,1-3H3,(H,28,34)(H,32,35). The number of amides is 2. The number of aryl methyl sites for hydroxylation is 2. The minimum absolute atomic E-state index is 0.0535. The van der Waals surface area contributed by atoms with Gasteiger partial charge in [-0.2, -0.15) is 10.4 Å². The molecule has 0 aliphatic rings. The van der Waals surface area contributed by atoms with E-state index in [4.69, 9.17) is 5.26 Å². The first-order chi connectivity index (χ1) is 16.9. The summed E-state index contributed by atoms with van der Waals surface area (Å²) in [5.74, 6) is -0.737. The second kappa shape index (κ2) is 9.89. The van der Waals surface area contributed by atoms with Gasteiger partial charge in [0.25, 0.3) is 11.8 Å². The van der Waals surface area contributed by atoms with Crippen molar-refractivity contribution in [2.75, 3.05) is 12.4 Å². The Morgan fingerprint density at radius 3 is 2.54 bits per heavy atom. The number of benzene rings is 1. The molecule has 0 radical (unpaired) electrons. The Morgan fingerprint density at radius 1 is 0.943 bits per heavy atom. The van der Waals surface area contributed by atoms with E-state index in [1.807, 2.05) is 44.2 Å². The van der Waals surface area contributed by atoms with Gasteiger partial charge in [0.15, 0.2) is 5.69 Å². The van der Waals surface area contributed by atoms with Gasteiger partial charge in [0.2, 0.25) is 0 Å². The third kappa shape index (κ3) is 5.17. The number of anilines is 1. The SMILES string of the molecule is CNC(=O)c1cc(-c2cc(-c3cc(NC(=O)c4cc(C#N)cnn4)ccc3C)cc(C)n2)ccn1. The molecule has 0 fully saturated rings. The smallest absolute Gasteiger partial charge is 0.276 e. The van der Waals surface area contributed by atoms with Crippen LogP contribution in [-0.2, 0) is 0 Å². The Morgan fingerprint density at radius 2 is 1.77 bits per heavy atom. The number of aromatic nitrogens is 4. The summed E-state index contributed by atoms with van der Waals surface area (Å²) in [5.41, 5.74) is 6.27. The van der Waals surface area contributed by atoms with Gasteiger partial charge in [-0.25, -0.2) is 0 Å². The molecule has 3 heterocycles. The van der Waals surface area contributed by atoms with Gasteiger partial charge < -0.3 is 10.6 Å². The first-order valence-electron chi connectivity index (χ1n) is 10.7. The lowest BCUT2D eigenvalue weighted by atomic mass is 9.98. The molecule has 0 bridgehead atoms. The number of rotatable bonds is 5. The molecule has 1 aromatic carbocycles. The topological polar surface area (TPSA) is 134 Å². The minimum Gasteiger partial charge on any atom is -0.354 e. The van der Waals surface area contributed by atoms with Crippen LogP contribution < -0.4 is 10.6 Å². The van der Waals surface area contributed by atoms with E-state index < -0.39 is 5.91 Å². The number of carbonyl (C=O) groups is 2. The van der Waals surface area contributed by atoms with Gasteiger partial charge in [-0.1, -0.05) is 6.07 Å². The third-order valence-corrected chi connectivity index (χ3v) is 5.29. The average Bonchev–Trinajstić information content (AvgIpc) is 2.89. The Bertz CT molecular complexity index is 1490. The molecule has 0 aliphatic carbocycles. The highest BCUT2D eigenvalue weighted by atomic mass is 16.2. The van der Waals surface area contributed by atoms with Gasteiger partial charge in [-0.3, -0.25) is 19.6 Å². The molecule has 0 saturated heterocycles. The molecule has 2 amide bonds. The summed E-state index contributed by atoms with van der Waals surface area (Å²) < 4.78 is 0. The Hall–Kier alpha value is -4.97. The van der Waals surface area contributed by atoms with Gasteiger partial charge in [-0.15, -0.1) is 5.10 Å². The molecule has 9 heteroatoms. The number of carbonyl (C=O) groups excluding carboxylic acids is 2. The summed E-state index contributed by atoms with van der Waals surface area (Å²) >= 11 is 0. The van der Waals surface area contributed by atoms with Crippen molar-refractivity contribution in [3.05, 3.63) is 89.1 Å². The quantitative estimate of drug-likeness (QED) is 0.461. The number of hydrogen-bond acceptors (Lipinski definition) is 7. The van der Waals surface area contributed by atoms with Crippen LogP contribution >= 0.6 is 0 Å². The fraction of sp³-hybridized carbons (Fsp3) is 0.115. The monoisotopic (exact) mass is 463 g/mol. The number of nitrogens with one attached hydrogen (secondary N) is 2. The molecule has 3 aromatic heterocycles. The predicted molar refractivity (Wildman–Crippen MR) is 130 cm³/mol. The van der Waals surface area contributed by atoms with Crippen LogP contribution in [0.15, 0.2) is 60.9 Å². The molecule has 0 saturated carbocycles. The first kappa shape index (κ1) is 23.2. The zero-order valence-corrected chi connectivity index (χ0v) is 19.3. The highest BCUT2D eigenvalue weighted by molar-refractivity contribution is 6.03. The molecule has 2 N–H and O–H groups in total. The maximum Gasteiger partial charge on any atom is 0.276 e. The highest BCUT2D eigenvalue weighted by Crippen LogP contribution is 2.30. The highest BCUT2D eigenvalue weighted by Gasteiger charge is 2.13. The fourth-order valence-electron chi connectivity index (χ4n) is 3.56. The summed E-state index contributed by atoms with van der Waals surface area (Å²) in [5, 5.41) is 21.9. The van der Waals surface area contributed by atoms with E-state index >= 15 is 0 Å². The van der Waals surface area contributed by atoms with E-state index in [0.717, 1.165) is 27.9 Å². The fourth-order valence-corrected chi connectivity index (χ4v) is 3.56. The number of nitrogens with zero attached hydrogens (tertiary/aromatic N) is 5. The van der Waals surface area contributed by atoms with E-state index in [1.165, 1.54) is 12.3 Å². The van der Waals surface area contributed by atoms with Gasteiger partial charge >= 0.3 is 0 Å². The Kier molecular flexibility index (Phi) is 6.55. The van der Waals surface area contributed by atoms with Crippen molar-refractivity contribution in [1.29, 1.82) is 5.26 Å². The van der Waals surface area contributed by atoms with Crippen LogP contribution in [0.4, 0.5) is 5.69 Å². The third-order valence-electron chi connectivity index (χ3n) is 5.29.